The number of fused-ring (bicyclic) bond motifs is 1. The fraction of sp³-hybridized carbons (Fsp3) is 0.346. The average Bonchev–Trinajstić information content (AvgIpc) is 3.24. The highest BCUT2D eigenvalue weighted by Crippen LogP contribution is 2.44. The van der Waals surface area contributed by atoms with E-state index in [4.69, 9.17) is 21.3 Å². The van der Waals surface area contributed by atoms with Crippen molar-refractivity contribution in [1.29, 1.82) is 5.26 Å². The SMILES string of the molecule is N#Cc1c(N)nc2sc(C(=O)NCCN3CCOCC3)c(N)c2c1-c1ccccc1NC(=O)CCCC(=O)O. The van der Waals surface area contributed by atoms with E-state index in [2.05, 4.69) is 26.6 Å². The summed E-state index contributed by atoms with van der Waals surface area (Å²) in [6, 6.07) is 8.91. The van der Waals surface area contributed by atoms with Crippen molar-refractivity contribution in [3.63, 3.8) is 0 Å². The van der Waals surface area contributed by atoms with Crippen LogP contribution in [-0.4, -0.2) is 72.2 Å². The van der Waals surface area contributed by atoms with Crippen LogP contribution in [0.3, 0.4) is 0 Å². The van der Waals surface area contributed by atoms with E-state index in [1.807, 2.05) is 0 Å². The predicted octanol–water partition coefficient (Wildman–Crippen LogP) is 2.25. The molecule has 4 rings (SSSR count). The highest BCUT2D eigenvalue weighted by Gasteiger charge is 2.26. The number of benzene rings is 1. The van der Waals surface area contributed by atoms with Crippen LogP contribution in [0, 0.1) is 11.3 Å². The molecule has 7 N–H and O–H groups in total. The number of ether oxygens (including phenoxy) is 1. The van der Waals surface area contributed by atoms with Crippen LogP contribution in [0.1, 0.15) is 34.5 Å². The molecule has 1 fully saturated rings. The Morgan fingerprint density at radius 2 is 1.92 bits per heavy atom. The largest absolute Gasteiger partial charge is 0.481 e. The number of hydrogen-bond donors (Lipinski definition) is 5. The molecule has 0 atom stereocenters. The second-order valence-electron chi connectivity index (χ2n) is 8.93. The first-order valence-electron chi connectivity index (χ1n) is 12.4. The monoisotopic (exact) mass is 551 g/mol. The number of carboxylic acids is 1. The van der Waals surface area contributed by atoms with Crippen LogP contribution in [0.15, 0.2) is 24.3 Å². The molecule has 1 aromatic carbocycles. The summed E-state index contributed by atoms with van der Waals surface area (Å²) in [6.45, 7) is 4.04. The van der Waals surface area contributed by atoms with Crippen molar-refractivity contribution >= 4 is 56.5 Å². The number of morpholine rings is 1. The van der Waals surface area contributed by atoms with Gasteiger partial charge in [0.15, 0.2) is 0 Å². The smallest absolute Gasteiger partial charge is 0.303 e. The third-order valence-electron chi connectivity index (χ3n) is 6.31. The highest BCUT2D eigenvalue weighted by atomic mass is 32.1. The number of carbonyl (C=O) groups is 3. The molecule has 0 saturated carbocycles. The molecule has 1 aliphatic heterocycles. The van der Waals surface area contributed by atoms with Gasteiger partial charge in [-0.25, -0.2) is 4.98 Å². The quantitative estimate of drug-likeness (QED) is 0.249. The number of nitriles is 1. The van der Waals surface area contributed by atoms with E-state index < -0.39 is 5.97 Å². The minimum absolute atomic E-state index is 0.00893. The van der Waals surface area contributed by atoms with Gasteiger partial charge < -0.3 is 31.9 Å². The molecule has 3 heterocycles. The third kappa shape index (κ3) is 6.43. The van der Waals surface area contributed by atoms with E-state index in [-0.39, 0.29) is 53.0 Å². The standard InChI is InChI=1S/C26H29N7O5S/c27-14-16-20(15-4-1-2-5-17(15)31-18(34)6-3-7-19(35)36)21-22(28)23(39-26(21)32-24(16)29)25(37)30-8-9-33-10-12-38-13-11-33/h1-2,4-5H,3,6-13,28H2,(H2,29,32)(H,30,37)(H,31,34)(H,35,36). The molecule has 39 heavy (non-hydrogen) atoms. The van der Waals surface area contributed by atoms with Crippen LogP contribution in [0.25, 0.3) is 21.3 Å². The number of pyridine rings is 1. The molecule has 204 valence electrons. The molecular formula is C26H29N7O5S. The number of nitrogens with one attached hydrogen (secondary N) is 2. The lowest BCUT2D eigenvalue weighted by Gasteiger charge is -2.26. The van der Waals surface area contributed by atoms with Gasteiger partial charge in [0.2, 0.25) is 5.91 Å². The Labute approximate surface area is 228 Å². The normalized spacial score (nSPS) is 13.6. The Morgan fingerprint density at radius 3 is 2.64 bits per heavy atom. The molecule has 0 bridgehead atoms. The number of para-hydroxylation sites is 1. The Hall–Kier alpha value is -4.25. The van der Waals surface area contributed by atoms with E-state index in [1.165, 1.54) is 0 Å². The van der Waals surface area contributed by atoms with Crippen LogP contribution >= 0.6 is 11.3 Å². The molecule has 1 aliphatic rings. The van der Waals surface area contributed by atoms with Gasteiger partial charge in [-0.15, -0.1) is 11.3 Å². The topological polar surface area (TPSA) is 197 Å². The van der Waals surface area contributed by atoms with E-state index >= 15 is 0 Å². The zero-order valence-electron chi connectivity index (χ0n) is 21.2. The Morgan fingerprint density at radius 1 is 1.18 bits per heavy atom. The van der Waals surface area contributed by atoms with Crippen molar-refractivity contribution < 1.29 is 24.2 Å². The Bertz CT molecular complexity index is 1440. The minimum atomic E-state index is -0.981. The number of carboxylic acid groups (broad SMARTS) is 1. The van der Waals surface area contributed by atoms with E-state index in [0.717, 1.165) is 24.4 Å². The van der Waals surface area contributed by atoms with Crippen LogP contribution in [0.5, 0.6) is 0 Å². The van der Waals surface area contributed by atoms with Gasteiger partial charge in [-0.1, -0.05) is 18.2 Å². The number of aromatic nitrogens is 1. The zero-order chi connectivity index (χ0) is 27.9. The summed E-state index contributed by atoms with van der Waals surface area (Å²) in [6.07, 6.45) is 0.0631. The number of thiophene rings is 1. The van der Waals surface area contributed by atoms with Gasteiger partial charge in [0, 0.05) is 61.2 Å². The van der Waals surface area contributed by atoms with Crippen LogP contribution in [-0.2, 0) is 14.3 Å². The lowest BCUT2D eigenvalue weighted by Crippen LogP contribution is -2.41. The maximum Gasteiger partial charge on any atom is 0.303 e. The maximum absolute atomic E-state index is 13.1. The highest BCUT2D eigenvalue weighted by molar-refractivity contribution is 7.21. The molecule has 0 spiro atoms. The van der Waals surface area contributed by atoms with Crippen molar-refractivity contribution in [2.75, 3.05) is 56.2 Å². The van der Waals surface area contributed by atoms with Gasteiger partial charge in [0.25, 0.3) is 5.91 Å². The third-order valence-corrected chi connectivity index (χ3v) is 7.40. The zero-order valence-corrected chi connectivity index (χ0v) is 22.0. The van der Waals surface area contributed by atoms with Crippen molar-refractivity contribution in [3.05, 3.63) is 34.7 Å². The van der Waals surface area contributed by atoms with Crippen molar-refractivity contribution in [2.45, 2.75) is 19.3 Å². The summed E-state index contributed by atoms with van der Waals surface area (Å²) in [5.41, 5.74) is 14.1. The molecule has 13 heteroatoms. The molecular weight excluding hydrogens is 522 g/mol. The van der Waals surface area contributed by atoms with E-state index in [1.54, 1.807) is 24.3 Å². The number of anilines is 3. The average molecular weight is 552 g/mol. The van der Waals surface area contributed by atoms with Crippen molar-refractivity contribution in [3.8, 4) is 17.2 Å². The van der Waals surface area contributed by atoms with Crippen LogP contribution < -0.4 is 22.1 Å². The summed E-state index contributed by atoms with van der Waals surface area (Å²) in [4.78, 5) is 43.6. The van der Waals surface area contributed by atoms with Gasteiger partial charge in [-0.3, -0.25) is 19.3 Å². The maximum atomic E-state index is 13.1. The summed E-state index contributed by atoms with van der Waals surface area (Å²) in [5, 5.41) is 24.9. The second-order valence-corrected chi connectivity index (χ2v) is 9.93. The Kier molecular flexibility index (Phi) is 8.92. The summed E-state index contributed by atoms with van der Waals surface area (Å²) < 4.78 is 5.35. The summed E-state index contributed by atoms with van der Waals surface area (Å²) in [5.74, 6) is -1.74. The number of nitrogens with two attached hydrogens (primary N) is 2. The minimum Gasteiger partial charge on any atom is -0.481 e. The van der Waals surface area contributed by atoms with E-state index in [0.29, 0.717) is 53.3 Å². The first-order chi connectivity index (χ1) is 18.8. The molecule has 2 amide bonds. The molecule has 1 saturated heterocycles. The Balaban J connectivity index is 1.66. The first kappa shape index (κ1) is 27.8. The van der Waals surface area contributed by atoms with Crippen molar-refractivity contribution in [2.24, 2.45) is 0 Å². The van der Waals surface area contributed by atoms with Gasteiger partial charge in [0.1, 0.15) is 27.2 Å². The number of carbonyl (C=O) groups excluding carboxylic acids is 2. The van der Waals surface area contributed by atoms with Gasteiger partial charge in [0.05, 0.1) is 18.9 Å². The number of rotatable bonds is 10. The van der Waals surface area contributed by atoms with Crippen LogP contribution in [0.2, 0.25) is 0 Å². The predicted molar refractivity (Wildman–Crippen MR) is 148 cm³/mol. The second kappa shape index (κ2) is 12.5. The number of nitrogen functional groups attached to an aromatic ring is 2. The molecule has 0 radical (unpaired) electrons. The molecule has 0 aliphatic carbocycles. The summed E-state index contributed by atoms with van der Waals surface area (Å²) in [7, 11) is 0. The number of amides is 2. The first-order valence-corrected chi connectivity index (χ1v) is 13.2. The van der Waals surface area contributed by atoms with Gasteiger partial charge >= 0.3 is 5.97 Å². The van der Waals surface area contributed by atoms with E-state index in [9.17, 15) is 19.6 Å². The van der Waals surface area contributed by atoms with Gasteiger partial charge in [-0.05, 0) is 12.5 Å². The summed E-state index contributed by atoms with van der Waals surface area (Å²) >= 11 is 1.08. The molecule has 3 aromatic rings. The van der Waals surface area contributed by atoms with Crippen molar-refractivity contribution in [1.82, 2.24) is 15.2 Å². The lowest BCUT2D eigenvalue weighted by molar-refractivity contribution is -0.137. The van der Waals surface area contributed by atoms with Crippen LogP contribution in [0.4, 0.5) is 17.2 Å². The van der Waals surface area contributed by atoms with Gasteiger partial charge in [-0.2, -0.15) is 5.26 Å². The number of hydrogen-bond acceptors (Lipinski definition) is 10. The lowest BCUT2D eigenvalue weighted by atomic mass is 9.95. The number of aliphatic carboxylic acids is 1. The number of nitrogens with zero attached hydrogens (tertiary/aromatic N) is 3. The molecule has 0 unspecified atom stereocenters. The fourth-order valence-corrected chi connectivity index (χ4v) is 5.41. The fourth-order valence-electron chi connectivity index (χ4n) is 4.38. The molecule has 2 aromatic heterocycles. The molecule has 12 nitrogen and oxygen atoms in total.